The van der Waals surface area contributed by atoms with Crippen LogP contribution in [-0.2, 0) is 9.53 Å². The molecule has 19 heavy (non-hydrogen) atoms. The zero-order valence-corrected chi connectivity index (χ0v) is 11.2. The average Bonchev–Trinajstić information content (AvgIpc) is 2.66. The smallest absolute Gasteiger partial charge is 0.329 e. The van der Waals surface area contributed by atoms with Gasteiger partial charge >= 0.3 is 6.03 Å². The molecule has 2 N–H and O–H groups in total. The van der Waals surface area contributed by atoms with Crippen LogP contribution in [0.4, 0.5) is 4.79 Å². The molecule has 1 saturated carbocycles. The Hall–Kier alpha value is -1.14. The van der Waals surface area contributed by atoms with Crippen LogP contribution >= 0.6 is 0 Å². The van der Waals surface area contributed by atoms with E-state index in [9.17, 15) is 9.59 Å². The van der Waals surface area contributed by atoms with Crippen LogP contribution in [0.25, 0.3) is 0 Å². The van der Waals surface area contributed by atoms with Gasteiger partial charge in [0.15, 0.2) is 6.67 Å². The molecule has 0 aromatic rings. The van der Waals surface area contributed by atoms with Crippen molar-refractivity contribution in [2.45, 2.75) is 37.6 Å². The maximum atomic E-state index is 12.6. The molecule has 0 atom stereocenters. The molecule has 1 aliphatic carbocycles. The number of nitrogens with zero attached hydrogens (tertiary/aromatic N) is 1. The second-order valence-electron chi connectivity index (χ2n) is 5.83. The number of carbonyl (C=O) groups excluding carboxylic acids is 2. The van der Waals surface area contributed by atoms with Crippen LogP contribution < -0.4 is 10.2 Å². The van der Waals surface area contributed by atoms with Crippen molar-refractivity contribution in [3.05, 3.63) is 0 Å². The van der Waals surface area contributed by atoms with Crippen LogP contribution in [0, 0.1) is 0 Å². The van der Waals surface area contributed by atoms with Gasteiger partial charge in [0.25, 0.3) is 5.91 Å². The van der Waals surface area contributed by atoms with Gasteiger partial charge in [0.05, 0.1) is 13.2 Å². The maximum absolute atomic E-state index is 12.6. The molecule has 0 radical (unpaired) electrons. The van der Waals surface area contributed by atoms with Gasteiger partial charge in [-0.3, -0.25) is 4.79 Å². The number of nitrogens with one attached hydrogen (secondary N) is 2. The summed E-state index contributed by atoms with van der Waals surface area (Å²) < 4.78 is 5.30. The fraction of sp³-hybridized carbons (Fsp3) is 0.846. The summed E-state index contributed by atoms with van der Waals surface area (Å²) in [5.74, 6) is -0.00353. The highest BCUT2D eigenvalue weighted by atomic mass is 16.5. The number of ether oxygens (including phenoxy) is 1. The summed E-state index contributed by atoms with van der Waals surface area (Å²) in [6, 6.07) is -0.203. The molecule has 3 rings (SSSR count). The summed E-state index contributed by atoms with van der Waals surface area (Å²) in [7, 11) is 0. The van der Waals surface area contributed by atoms with Gasteiger partial charge in [-0.15, -0.1) is 0 Å². The van der Waals surface area contributed by atoms with Crippen molar-refractivity contribution in [1.29, 1.82) is 0 Å². The van der Waals surface area contributed by atoms with Crippen LogP contribution in [0.1, 0.15) is 32.1 Å². The van der Waals surface area contributed by atoms with E-state index in [0.717, 1.165) is 38.8 Å². The minimum Gasteiger partial charge on any atom is -0.370 e. The highest BCUT2D eigenvalue weighted by Crippen LogP contribution is 2.33. The Labute approximate surface area is 113 Å². The molecule has 2 aliphatic heterocycles. The van der Waals surface area contributed by atoms with Crippen molar-refractivity contribution in [3.63, 3.8) is 0 Å². The average molecular weight is 268 g/mol. The van der Waals surface area contributed by atoms with Crippen LogP contribution in [0.5, 0.6) is 0 Å². The third-order valence-corrected chi connectivity index (χ3v) is 4.53. The number of urea groups is 1. The van der Waals surface area contributed by atoms with Gasteiger partial charge in [-0.1, -0.05) is 19.3 Å². The van der Waals surface area contributed by atoms with Gasteiger partial charge in [0, 0.05) is 0 Å². The van der Waals surface area contributed by atoms with Gasteiger partial charge in [-0.2, -0.15) is 0 Å². The van der Waals surface area contributed by atoms with Gasteiger partial charge in [-0.05, 0) is 12.8 Å². The third kappa shape index (κ3) is 2.34. The highest BCUT2D eigenvalue weighted by Gasteiger charge is 2.52. The van der Waals surface area contributed by atoms with E-state index in [4.69, 9.17) is 4.74 Å². The lowest BCUT2D eigenvalue weighted by atomic mass is 9.82. The molecule has 6 nitrogen and oxygen atoms in total. The summed E-state index contributed by atoms with van der Waals surface area (Å²) in [5, 5.41) is 2.95. The fourth-order valence-electron chi connectivity index (χ4n) is 3.36. The van der Waals surface area contributed by atoms with Crippen molar-refractivity contribution in [3.8, 4) is 0 Å². The number of morpholine rings is 1. The van der Waals surface area contributed by atoms with Crippen LogP contribution in [0.2, 0.25) is 0 Å². The summed E-state index contributed by atoms with van der Waals surface area (Å²) in [5.41, 5.74) is -0.582. The lowest BCUT2D eigenvalue weighted by Gasteiger charge is -2.31. The van der Waals surface area contributed by atoms with Gasteiger partial charge in [0.1, 0.15) is 18.6 Å². The van der Waals surface area contributed by atoms with E-state index < -0.39 is 5.54 Å². The predicted octanol–water partition coefficient (Wildman–Crippen LogP) is -0.886. The molecule has 3 aliphatic rings. The third-order valence-electron chi connectivity index (χ3n) is 4.53. The molecular weight excluding hydrogens is 246 g/mol. The SMILES string of the molecule is O=C1NC2(CCCCC2)C(=O)N1C[NH+]1CCOCC1. The first-order chi connectivity index (χ1) is 9.21. The molecule has 2 heterocycles. The molecule has 3 fully saturated rings. The van der Waals surface area contributed by atoms with Crippen LogP contribution in [-0.4, -0.2) is 55.3 Å². The number of rotatable bonds is 2. The first-order valence-corrected chi connectivity index (χ1v) is 7.27. The lowest BCUT2D eigenvalue weighted by molar-refractivity contribution is -0.915. The van der Waals surface area contributed by atoms with E-state index in [1.807, 2.05) is 0 Å². The molecule has 2 saturated heterocycles. The van der Waals surface area contributed by atoms with Crippen molar-refractivity contribution in [2.24, 2.45) is 0 Å². The molecule has 0 aromatic heterocycles. The molecule has 0 bridgehead atoms. The lowest BCUT2D eigenvalue weighted by Crippen LogP contribution is -3.15. The van der Waals surface area contributed by atoms with Crippen LogP contribution in [0.3, 0.4) is 0 Å². The largest absolute Gasteiger partial charge is 0.370 e. The first kappa shape index (κ1) is 12.9. The van der Waals surface area contributed by atoms with E-state index in [1.54, 1.807) is 0 Å². The predicted molar refractivity (Wildman–Crippen MR) is 67.6 cm³/mol. The number of amides is 3. The normalized spacial score (nSPS) is 27.9. The maximum Gasteiger partial charge on any atom is 0.329 e. The number of quaternary nitrogens is 1. The molecule has 6 heteroatoms. The Bertz CT molecular complexity index is 373. The summed E-state index contributed by atoms with van der Waals surface area (Å²) >= 11 is 0. The van der Waals surface area contributed by atoms with Crippen molar-refractivity contribution < 1.29 is 19.2 Å². The minimum atomic E-state index is -0.582. The van der Waals surface area contributed by atoms with Crippen LogP contribution in [0.15, 0.2) is 0 Å². The zero-order chi connectivity index (χ0) is 13.3. The molecule has 1 spiro atoms. The van der Waals surface area contributed by atoms with E-state index in [0.29, 0.717) is 19.9 Å². The van der Waals surface area contributed by atoms with Gasteiger partial charge < -0.3 is 15.0 Å². The second-order valence-corrected chi connectivity index (χ2v) is 5.83. The monoisotopic (exact) mass is 268 g/mol. The number of carbonyl (C=O) groups is 2. The Balaban J connectivity index is 1.68. The molecule has 106 valence electrons. The second kappa shape index (κ2) is 5.09. The standard InChI is InChI=1S/C13H21N3O3/c17-11-13(4-2-1-3-5-13)14-12(18)16(11)10-15-6-8-19-9-7-15/h1-10H2,(H,14,18)/p+1. The minimum absolute atomic E-state index is 0.00353. The Kier molecular flexibility index (Phi) is 3.45. The zero-order valence-electron chi connectivity index (χ0n) is 11.2. The number of hydrogen-bond donors (Lipinski definition) is 2. The first-order valence-electron chi connectivity index (χ1n) is 7.27. The van der Waals surface area contributed by atoms with E-state index in [2.05, 4.69) is 5.32 Å². The van der Waals surface area contributed by atoms with E-state index >= 15 is 0 Å². The summed E-state index contributed by atoms with van der Waals surface area (Å²) in [6.07, 6.45) is 4.83. The van der Waals surface area contributed by atoms with Crippen molar-refractivity contribution in [2.75, 3.05) is 33.0 Å². The Morgan fingerprint density at radius 1 is 1.16 bits per heavy atom. The molecular formula is C13H22N3O3+. The van der Waals surface area contributed by atoms with Gasteiger partial charge in [-0.25, -0.2) is 9.69 Å². The Morgan fingerprint density at radius 2 is 1.84 bits per heavy atom. The van der Waals surface area contributed by atoms with E-state index in [1.165, 1.54) is 16.2 Å². The van der Waals surface area contributed by atoms with E-state index in [-0.39, 0.29) is 11.9 Å². The highest BCUT2D eigenvalue weighted by molar-refractivity contribution is 6.06. The van der Waals surface area contributed by atoms with Gasteiger partial charge in [0.2, 0.25) is 0 Å². The molecule has 3 amide bonds. The summed E-state index contributed by atoms with van der Waals surface area (Å²) in [6.45, 7) is 3.64. The summed E-state index contributed by atoms with van der Waals surface area (Å²) in [4.78, 5) is 27.3. The molecule has 0 aromatic carbocycles. The number of hydrogen-bond acceptors (Lipinski definition) is 3. The van der Waals surface area contributed by atoms with Crippen molar-refractivity contribution in [1.82, 2.24) is 10.2 Å². The Morgan fingerprint density at radius 3 is 2.53 bits per heavy atom. The quantitative estimate of drug-likeness (QED) is 0.639. The van der Waals surface area contributed by atoms with Crippen molar-refractivity contribution >= 4 is 11.9 Å². The fourth-order valence-corrected chi connectivity index (χ4v) is 3.36. The topological polar surface area (TPSA) is 63.1 Å². The number of imide groups is 1. The molecule has 0 unspecified atom stereocenters.